The fourth-order valence-corrected chi connectivity index (χ4v) is 2.08. The Labute approximate surface area is 116 Å². The quantitative estimate of drug-likeness (QED) is 0.714. The Kier molecular flexibility index (Phi) is 2.98. The van der Waals surface area contributed by atoms with Gasteiger partial charge in [0.2, 0.25) is 11.2 Å². The first-order chi connectivity index (χ1) is 9.65. The fourth-order valence-electron chi connectivity index (χ4n) is 2.08. The van der Waals surface area contributed by atoms with Crippen LogP contribution in [0.5, 0.6) is 0 Å². The molecule has 6 nitrogen and oxygen atoms in total. The van der Waals surface area contributed by atoms with Gasteiger partial charge in [0, 0.05) is 7.05 Å². The smallest absolute Gasteiger partial charge is 0.289 e. The molecule has 2 N–H and O–H groups in total. The summed E-state index contributed by atoms with van der Waals surface area (Å²) in [5, 5.41) is 0. The number of anilines is 1. The molecule has 3 aromatic rings. The van der Waals surface area contributed by atoms with Gasteiger partial charge >= 0.3 is 0 Å². The predicted molar refractivity (Wildman–Crippen MR) is 74.6 cm³/mol. The van der Waals surface area contributed by atoms with Crippen molar-refractivity contribution in [1.29, 1.82) is 0 Å². The van der Waals surface area contributed by atoms with Gasteiger partial charge < -0.3 is 15.1 Å². The summed E-state index contributed by atoms with van der Waals surface area (Å²) in [5.74, 6) is 0.447. The zero-order valence-corrected chi connectivity index (χ0v) is 11.4. The van der Waals surface area contributed by atoms with Gasteiger partial charge in [-0.15, -0.1) is 0 Å². The Morgan fingerprint density at radius 3 is 3.00 bits per heavy atom. The minimum atomic E-state index is 0.427. The summed E-state index contributed by atoms with van der Waals surface area (Å²) in [6, 6.07) is 8.13. The van der Waals surface area contributed by atoms with Gasteiger partial charge in [-0.2, -0.15) is 0 Å². The Bertz CT molecular complexity index is 765. The maximum atomic E-state index is 6.05. The highest BCUT2D eigenvalue weighted by Crippen LogP contribution is 2.11. The van der Waals surface area contributed by atoms with Gasteiger partial charge in [0.05, 0.1) is 6.33 Å². The van der Waals surface area contributed by atoms with Crippen LogP contribution in [0.25, 0.3) is 11.2 Å². The second kappa shape index (κ2) is 4.80. The first-order valence-corrected chi connectivity index (χ1v) is 6.31. The van der Waals surface area contributed by atoms with Crippen molar-refractivity contribution in [2.75, 3.05) is 5.73 Å². The summed E-state index contributed by atoms with van der Waals surface area (Å²) in [4.78, 5) is 14.2. The van der Waals surface area contributed by atoms with Crippen molar-refractivity contribution in [1.82, 2.24) is 14.5 Å². The molecule has 0 fully saturated rings. The molecule has 2 aromatic heterocycles. The van der Waals surface area contributed by atoms with Crippen LogP contribution in [0.15, 0.2) is 36.9 Å². The van der Waals surface area contributed by atoms with Crippen LogP contribution >= 0.6 is 0 Å². The first kappa shape index (κ1) is 12.4. The van der Waals surface area contributed by atoms with Gasteiger partial charge in [-0.05, 0) is 12.5 Å². The van der Waals surface area contributed by atoms with Gasteiger partial charge in [-0.1, -0.05) is 39.5 Å². The molecule has 3 rings (SSSR count). The minimum absolute atomic E-state index is 0.427. The third-order valence-corrected chi connectivity index (χ3v) is 3.12. The summed E-state index contributed by atoms with van der Waals surface area (Å²) in [7, 11) is 1.87. The van der Waals surface area contributed by atoms with E-state index in [0.29, 0.717) is 17.9 Å². The molecule has 0 aliphatic heterocycles. The number of rotatable bonds is 3. The lowest BCUT2D eigenvalue weighted by molar-refractivity contribution is -0.885. The average molecular weight is 270 g/mol. The largest absolute Gasteiger partial charge is 0.352 e. The highest BCUT2D eigenvalue weighted by molar-refractivity contribution is 5.79. The molecule has 0 saturated heterocycles. The van der Waals surface area contributed by atoms with Crippen LogP contribution in [0, 0.1) is 6.92 Å². The molecule has 0 saturated carbocycles. The molecular formula is C14H16N5O+. The molecule has 0 atom stereocenters. The van der Waals surface area contributed by atoms with E-state index in [2.05, 4.69) is 16.0 Å². The first-order valence-electron chi connectivity index (χ1n) is 6.31. The monoisotopic (exact) mass is 270 g/mol. The number of nitrogen functional groups attached to an aromatic ring is 1. The number of fused-ring (bicyclic) bond motifs is 1. The zero-order valence-electron chi connectivity index (χ0n) is 11.4. The molecule has 0 bridgehead atoms. The molecule has 6 heteroatoms. The number of benzene rings is 1. The lowest BCUT2D eigenvalue weighted by Crippen LogP contribution is -2.45. The van der Waals surface area contributed by atoms with Crippen LogP contribution in [0.3, 0.4) is 0 Å². The van der Waals surface area contributed by atoms with Crippen LogP contribution in [-0.4, -0.2) is 14.5 Å². The minimum Gasteiger partial charge on any atom is -0.352 e. The van der Waals surface area contributed by atoms with Gasteiger partial charge in [0.1, 0.15) is 0 Å². The lowest BCUT2D eigenvalue weighted by Gasteiger charge is -2.06. The number of nitrogens with zero attached hydrogens (tertiary/aromatic N) is 4. The molecule has 0 aliphatic rings. The topological polar surface area (TPSA) is 69.8 Å². The molecule has 0 radical (unpaired) electrons. The fraction of sp³-hybridized carbons (Fsp3) is 0.214. The van der Waals surface area contributed by atoms with Crippen molar-refractivity contribution in [3.8, 4) is 0 Å². The summed E-state index contributed by atoms with van der Waals surface area (Å²) >= 11 is 0. The second-order valence-electron chi connectivity index (χ2n) is 4.75. The summed E-state index contributed by atoms with van der Waals surface area (Å²) in [5.41, 5.74) is 9.70. The molecule has 0 amide bonds. The van der Waals surface area contributed by atoms with E-state index < -0.39 is 0 Å². The Morgan fingerprint density at radius 2 is 2.20 bits per heavy atom. The number of imidazole rings is 1. The van der Waals surface area contributed by atoms with Crippen LogP contribution in [0.2, 0.25) is 0 Å². The van der Waals surface area contributed by atoms with E-state index in [1.54, 1.807) is 12.7 Å². The Morgan fingerprint density at radius 1 is 1.35 bits per heavy atom. The molecule has 1 aromatic carbocycles. The van der Waals surface area contributed by atoms with Crippen molar-refractivity contribution in [2.45, 2.75) is 13.5 Å². The van der Waals surface area contributed by atoms with Crippen LogP contribution < -0.4 is 15.3 Å². The predicted octanol–water partition coefficient (Wildman–Crippen LogP) is 0.775. The molecular weight excluding hydrogens is 254 g/mol. The van der Waals surface area contributed by atoms with E-state index in [-0.39, 0.29) is 0 Å². The van der Waals surface area contributed by atoms with E-state index >= 15 is 0 Å². The molecule has 2 heterocycles. The third-order valence-electron chi connectivity index (χ3n) is 3.12. The van der Waals surface area contributed by atoms with E-state index in [1.807, 2.05) is 36.7 Å². The van der Waals surface area contributed by atoms with Gasteiger partial charge in [0.15, 0.2) is 6.61 Å². The van der Waals surface area contributed by atoms with Crippen molar-refractivity contribution in [3.05, 3.63) is 48.0 Å². The average Bonchev–Trinajstić information content (AvgIpc) is 2.81. The maximum Gasteiger partial charge on any atom is 0.289 e. The molecule has 0 unspecified atom stereocenters. The Balaban J connectivity index is 1.86. The zero-order chi connectivity index (χ0) is 14.1. The van der Waals surface area contributed by atoms with Crippen LogP contribution in [-0.2, 0) is 13.7 Å². The van der Waals surface area contributed by atoms with Crippen molar-refractivity contribution < 1.29 is 9.57 Å². The SMILES string of the molecule is Cc1cccc(CO[n+]2cnc3c(ncn3C)c2N)c1. The number of aryl methyl sites for hydroxylation is 2. The molecule has 20 heavy (non-hydrogen) atoms. The molecule has 102 valence electrons. The third kappa shape index (κ3) is 2.16. The summed E-state index contributed by atoms with van der Waals surface area (Å²) in [6.07, 6.45) is 3.24. The molecule has 0 aliphatic carbocycles. The van der Waals surface area contributed by atoms with E-state index in [4.69, 9.17) is 10.6 Å². The van der Waals surface area contributed by atoms with Gasteiger partial charge in [-0.3, -0.25) is 0 Å². The van der Waals surface area contributed by atoms with Gasteiger partial charge in [-0.25, -0.2) is 4.98 Å². The van der Waals surface area contributed by atoms with Crippen LogP contribution in [0.4, 0.5) is 5.82 Å². The van der Waals surface area contributed by atoms with E-state index in [9.17, 15) is 0 Å². The van der Waals surface area contributed by atoms with Crippen molar-refractivity contribution >= 4 is 17.0 Å². The standard InChI is InChI=1S/C14H15N5O/c1-10-4-3-5-11(6-10)7-20-19-9-17-14-12(13(19)15)16-8-18(14)2/h3-6,8-9,15H,7H2,1-2H3/p+1. The highest BCUT2D eigenvalue weighted by Gasteiger charge is 2.16. The lowest BCUT2D eigenvalue weighted by atomic mass is 10.1. The second-order valence-corrected chi connectivity index (χ2v) is 4.75. The maximum absolute atomic E-state index is 6.05. The summed E-state index contributed by atoms with van der Waals surface area (Å²) in [6.45, 7) is 2.48. The normalized spacial score (nSPS) is 10.9. The van der Waals surface area contributed by atoms with Gasteiger partial charge in [0.25, 0.3) is 12.1 Å². The number of aromatic nitrogens is 4. The number of hydrogen-bond donors (Lipinski definition) is 1. The highest BCUT2D eigenvalue weighted by atomic mass is 16.7. The van der Waals surface area contributed by atoms with E-state index in [1.165, 1.54) is 10.3 Å². The van der Waals surface area contributed by atoms with Crippen molar-refractivity contribution in [2.24, 2.45) is 7.05 Å². The summed E-state index contributed by atoms with van der Waals surface area (Å²) < 4.78 is 3.27. The number of hydrogen-bond acceptors (Lipinski definition) is 4. The van der Waals surface area contributed by atoms with Crippen molar-refractivity contribution in [3.63, 3.8) is 0 Å². The van der Waals surface area contributed by atoms with Crippen LogP contribution in [0.1, 0.15) is 11.1 Å². The van der Waals surface area contributed by atoms with E-state index in [0.717, 1.165) is 11.2 Å². The Hall–Kier alpha value is -2.63. The number of nitrogens with two attached hydrogens (primary N) is 1. The molecule has 0 spiro atoms.